The van der Waals surface area contributed by atoms with Crippen LogP contribution < -0.4 is 4.74 Å². The summed E-state index contributed by atoms with van der Waals surface area (Å²) in [4.78, 5) is 41.4. The van der Waals surface area contributed by atoms with Gasteiger partial charge in [-0.25, -0.2) is 14.6 Å². The third-order valence-electron chi connectivity index (χ3n) is 5.83. The van der Waals surface area contributed by atoms with E-state index in [0.717, 1.165) is 21.4 Å². The number of carbonyl (C=O) groups excluding carboxylic acids is 2. The quantitative estimate of drug-likeness (QED) is 0.0607. The number of non-ortho nitro benzene ring substituents is 1. The first kappa shape index (κ1) is 26.6. The molecule has 0 atom stereocenters. The van der Waals surface area contributed by atoms with Gasteiger partial charge in [0.05, 0.1) is 15.0 Å². The topological polar surface area (TPSA) is 108 Å². The Bertz CT molecular complexity index is 1980. The molecule has 8 nitrogen and oxygen atoms in total. The van der Waals surface area contributed by atoms with Crippen LogP contribution in [0.2, 0.25) is 10.0 Å². The van der Waals surface area contributed by atoms with Crippen molar-refractivity contribution in [1.29, 1.82) is 0 Å². The van der Waals surface area contributed by atoms with Gasteiger partial charge < -0.3 is 9.47 Å². The minimum atomic E-state index is -0.737. The summed E-state index contributed by atoms with van der Waals surface area (Å²) >= 11 is 18.7. The average Bonchev–Trinajstić information content (AvgIpc) is 3.58. The molecule has 0 radical (unpaired) electrons. The maximum Gasteiger partial charge on any atom is 0.363 e. The molecule has 1 aliphatic rings. The number of hydrogen-bond donors (Lipinski definition) is 0. The van der Waals surface area contributed by atoms with E-state index in [1.165, 1.54) is 35.6 Å². The zero-order valence-electron chi connectivity index (χ0n) is 19.6. The highest BCUT2D eigenvalue weighted by molar-refractivity contribution is 9.10. The van der Waals surface area contributed by atoms with Crippen molar-refractivity contribution in [3.63, 3.8) is 0 Å². The van der Waals surface area contributed by atoms with Crippen molar-refractivity contribution >= 4 is 112 Å². The number of fused-ring (bicyclic) bond motifs is 2. The summed E-state index contributed by atoms with van der Waals surface area (Å²) in [6.45, 7) is 0. The SMILES string of the molecule is O=C1OC(c2sc3cc([N+](=O)[O-])ccc3c2Cl)=N/C1=C/c1cc(Br)ccc1OC(=O)c1sc2ccccc2c1Cl. The molecule has 0 saturated heterocycles. The summed E-state index contributed by atoms with van der Waals surface area (Å²) < 4.78 is 13.1. The van der Waals surface area contributed by atoms with Crippen LogP contribution in [0.3, 0.4) is 0 Å². The van der Waals surface area contributed by atoms with Crippen molar-refractivity contribution < 1.29 is 24.0 Å². The molecule has 0 saturated carbocycles. The van der Waals surface area contributed by atoms with E-state index in [9.17, 15) is 19.7 Å². The van der Waals surface area contributed by atoms with Crippen molar-refractivity contribution in [2.45, 2.75) is 0 Å². The fourth-order valence-electron chi connectivity index (χ4n) is 3.98. The van der Waals surface area contributed by atoms with Crippen LogP contribution in [0.25, 0.3) is 26.2 Å². The molecule has 2 aromatic heterocycles. The lowest BCUT2D eigenvalue weighted by atomic mass is 10.1. The van der Waals surface area contributed by atoms with Crippen LogP contribution in [0.4, 0.5) is 5.69 Å². The summed E-state index contributed by atoms with van der Waals surface area (Å²) in [5, 5.41) is 13.0. The molecule has 1 aliphatic heterocycles. The normalized spacial score (nSPS) is 14.1. The van der Waals surface area contributed by atoms with E-state index >= 15 is 0 Å². The van der Waals surface area contributed by atoms with Gasteiger partial charge in [-0.2, -0.15) is 0 Å². The van der Waals surface area contributed by atoms with Gasteiger partial charge in [-0.3, -0.25) is 10.1 Å². The van der Waals surface area contributed by atoms with E-state index in [-0.39, 0.29) is 32.9 Å². The Kier molecular flexibility index (Phi) is 6.93. The van der Waals surface area contributed by atoms with Gasteiger partial charge in [0.2, 0.25) is 5.90 Å². The first-order valence-corrected chi connectivity index (χ1v) is 14.5. The number of aliphatic imine (C=N–C) groups is 1. The van der Waals surface area contributed by atoms with Crippen LogP contribution in [0.15, 0.2) is 75.8 Å². The number of halogens is 3. The third kappa shape index (κ3) is 4.80. The van der Waals surface area contributed by atoms with Crippen LogP contribution in [0.5, 0.6) is 5.75 Å². The molecule has 0 amide bonds. The zero-order valence-corrected chi connectivity index (χ0v) is 24.4. The molecule has 0 fully saturated rings. The second kappa shape index (κ2) is 10.4. The maximum absolute atomic E-state index is 13.1. The highest BCUT2D eigenvalue weighted by atomic mass is 79.9. The van der Waals surface area contributed by atoms with Gasteiger partial charge in [0, 0.05) is 42.3 Å². The first-order chi connectivity index (χ1) is 19.2. The number of benzene rings is 3. The Labute approximate surface area is 251 Å². The highest BCUT2D eigenvalue weighted by Crippen LogP contribution is 2.40. The number of rotatable bonds is 5. The molecule has 13 heteroatoms. The van der Waals surface area contributed by atoms with Crippen LogP contribution in [-0.4, -0.2) is 22.8 Å². The van der Waals surface area contributed by atoms with E-state index in [1.54, 1.807) is 18.2 Å². The summed E-state index contributed by atoms with van der Waals surface area (Å²) in [6, 6.07) is 16.6. The van der Waals surface area contributed by atoms with Crippen LogP contribution in [-0.2, 0) is 9.53 Å². The van der Waals surface area contributed by atoms with E-state index in [0.29, 0.717) is 30.0 Å². The lowest BCUT2D eigenvalue weighted by Gasteiger charge is -2.08. The molecule has 198 valence electrons. The van der Waals surface area contributed by atoms with Crippen molar-refractivity contribution in [1.82, 2.24) is 0 Å². The summed E-state index contributed by atoms with van der Waals surface area (Å²) in [7, 11) is 0. The molecule has 0 spiro atoms. The van der Waals surface area contributed by atoms with Gasteiger partial charge in [0.1, 0.15) is 15.5 Å². The van der Waals surface area contributed by atoms with Crippen molar-refractivity contribution in [3.05, 3.63) is 106 Å². The van der Waals surface area contributed by atoms with E-state index in [4.69, 9.17) is 32.7 Å². The van der Waals surface area contributed by atoms with Gasteiger partial charge in [-0.05, 0) is 36.4 Å². The van der Waals surface area contributed by atoms with Gasteiger partial charge >= 0.3 is 11.9 Å². The predicted octanol–water partition coefficient (Wildman–Crippen LogP) is 8.66. The Morgan fingerprint density at radius 3 is 2.58 bits per heavy atom. The van der Waals surface area contributed by atoms with Gasteiger partial charge in [-0.15, -0.1) is 22.7 Å². The maximum atomic E-state index is 13.1. The summed E-state index contributed by atoms with van der Waals surface area (Å²) in [6.07, 6.45) is 1.43. The summed E-state index contributed by atoms with van der Waals surface area (Å²) in [5.41, 5.74) is 0.247. The van der Waals surface area contributed by atoms with Gasteiger partial charge in [-0.1, -0.05) is 57.3 Å². The predicted molar refractivity (Wildman–Crippen MR) is 160 cm³/mol. The Hall–Kier alpha value is -3.61. The van der Waals surface area contributed by atoms with E-state index < -0.39 is 16.9 Å². The number of hydrogen-bond acceptors (Lipinski definition) is 9. The largest absolute Gasteiger partial charge is 0.422 e. The molecule has 5 aromatic rings. The molecule has 0 aliphatic carbocycles. The standard InChI is InChI=1S/C27H11BrCl2N2O6S2/c28-13-5-8-18(37-27(34)24-22(30)15-3-1-2-4-19(15)39-24)12(9-13)10-17-26(33)38-25(31-17)23-21(29)16-7-6-14(32(35)36)11-20(16)40-23/h1-11H/b17-10+. The second-order valence-electron chi connectivity index (χ2n) is 8.33. The van der Waals surface area contributed by atoms with E-state index in [2.05, 4.69) is 20.9 Å². The van der Waals surface area contributed by atoms with Crippen LogP contribution in [0, 0.1) is 10.1 Å². The molecule has 0 bridgehead atoms. The molecular weight excluding hydrogens is 663 g/mol. The van der Waals surface area contributed by atoms with Gasteiger partial charge in [0.25, 0.3) is 5.69 Å². The number of carbonyl (C=O) groups is 2. The van der Waals surface area contributed by atoms with Gasteiger partial charge in [0.15, 0.2) is 5.70 Å². The van der Waals surface area contributed by atoms with E-state index in [1.807, 2.05) is 24.3 Å². The highest BCUT2D eigenvalue weighted by Gasteiger charge is 2.29. The Morgan fingerprint density at radius 2 is 1.80 bits per heavy atom. The molecule has 0 unspecified atom stereocenters. The molecule has 40 heavy (non-hydrogen) atoms. The molecular formula is C27H11BrCl2N2O6S2. The fourth-order valence-corrected chi connectivity index (χ4v) is 7.21. The lowest BCUT2D eigenvalue weighted by Crippen LogP contribution is -2.08. The number of ether oxygens (including phenoxy) is 2. The van der Waals surface area contributed by atoms with Crippen LogP contribution in [0.1, 0.15) is 20.1 Å². The fraction of sp³-hybridized carbons (Fsp3) is 0. The third-order valence-corrected chi connectivity index (χ3v) is 9.62. The lowest BCUT2D eigenvalue weighted by molar-refractivity contribution is -0.384. The Morgan fingerprint density at radius 1 is 1.02 bits per heavy atom. The number of esters is 2. The first-order valence-electron chi connectivity index (χ1n) is 11.3. The molecule has 0 N–H and O–H groups in total. The zero-order chi connectivity index (χ0) is 28.1. The van der Waals surface area contributed by atoms with Crippen molar-refractivity contribution in [3.8, 4) is 5.75 Å². The Balaban J connectivity index is 1.34. The minimum absolute atomic E-state index is 0.0318. The molecule has 3 aromatic carbocycles. The smallest absolute Gasteiger partial charge is 0.363 e. The number of cyclic esters (lactones) is 1. The van der Waals surface area contributed by atoms with Crippen molar-refractivity contribution in [2.75, 3.05) is 0 Å². The monoisotopic (exact) mass is 672 g/mol. The average molecular weight is 674 g/mol. The number of nitrogens with zero attached hydrogens (tertiary/aromatic N) is 2. The van der Waals surface area contributed by atoms with Crippen LogP contribution >= 0.6 is 61.8 Å². The molecule has 6 rings (SSSR count). The van der Waals surface area contributed by atoms with Crippen molar-refractivity contribution in [2.24, 2.45) is 4.99 Å². The number of thiophene rings is 2. The summed E-state index contributed by atoms with van der Waals surface area (Å²) in [5.74, 6) is -1.23. The number of nitro groups is 1. The second-order valence-corrected chi connectivity index (χ2v) is 12.1. The minimum Gasteiger partial charge on any atom is -0.422 e. The number of nitro benzene ring substituents is 1. The molecule has 3 heterocycles.